The summed E-state index contributed by atoms with van der Waals surface area (Å²) in [6.07, 6.45) is 1.38. The molecule has 0 heterocycles. The summed E-state index contributed by atoms with van der Waals surface area (Å²) in [4.78, 5) is 12.0. The molecule has 0 spiro atoms. The highest BCUT2D eigenvalue weighted by Gasteiger charge is 2.05. The number of carbonyl (C=O) groups is 1. The van der Waals surface area contributed by atoms with Crippen LogP contribution in [0.3, 0.4) is 0 Å². The molecule has 2 aromatic carbocycles. The minimum Gasteiger partial charge on any atom is -0.326 e. The molecule has 22 heavy (non-hydrogen) atoms. The molecule has 5 nitrogen and oxygen atoms in total. The van der Waals surface area contributed by atoms with Crippen molar-refractivity contribution in [2.24, 2.45) is 0 Å². The average Bonchev–Trinajstić information content (AvgIpc) is 2.42. The summed E-state index contributed by atoms with van der Waals surface area (Å²) >= 11 is 0. The fourth-order valence-electron chi connectivity index (χ4n) is 1.93. The van der Waals surface area contributed by atoms with Gasteiger partial charge in [0, 0.05) is 11.4 Å². The lowest BCUT2D eigenvalue weighted by Gasteiger charge is -2.08. The molecule has 2 N–H and O–H groups in total. The zero-order valence-corrected chi connectivity index (χ0v) is 13.3. The summed E-state index contributed by atoms with van der Waals surface area (Å²) < 4.78 is 24.6. The Labute approximate surface area is 130 Å². The van der Waals surface area contributed by atoms with Crippen LogP contribution in [0.25, 0.3) is 0 Å². The topological polar surface area (TPSA) is 75.3 Å². The van der Waals surface area contributed by atoms with Crippen LogP contribution in [-0.2, 0) is 21.2 Å². The molecule has 0 aliphatic rings. The molecule has 0 bridgehead atoms. The van der Waals surface area contributed by atoms with Gasteiger partial charge >= 0.3 is 0 Å². The Balaban J connectivity index is 1.95. The smallest absolute Gasteiger partial charge is 0.229 e. The molecule has 0 unspecified atom stereocenters. The number of amides is 1. The minimum absolute atomic E-state index is 0.118. The number of aryl methyl sites for hydroxylation is 1. The van der Waals surface area contributed by atoms with Crippen molar-refractivity contribution in [1.82, 2.24) is 0 Å². The lowest BCUT2D eigenvalue weighted by Crippen LogP contribution is -2.14. The monoisotopic (exact) mass is 318 g/mol. The van der Waals surface area contributed by atoms with E-state index in [1.807, 2.05) is 31.2 Å². The van der Waals surface area contributed by atoms with Gasteiger partial charge in [0.2, 0.25) is 15.9 Å². The highest BCUT2D eigenvalue weighted by molar-refractivity contribution is 7.92. The zero-order chi connectivity index (χ0) is 16.2. The van der Waals surface area contributed by atoms with E-state index in [0.717, 1.165) is 17.4 Å². The van der Waals surface area contributed by atoms with Crippen molar-refractivity contribution in [3.63, 3.8) is 0 Å². The van der Waals surface area contributed by atoms with Gasteiger partial charge in [-0.2, -0.15) is 0 Å². The van der Waals surface area contributed by atoms with Crippen LogP contribution in [0, 0.1) is 6.92 Å². The first-order chi connectivity index (χ1) is 10.3. The molecule has 0 saturated carbocycles. The maximum absolute atomic E-state index is 12.0. The maximum Gasteiger partial charge on any atom is 0.229 e. The number of carbonyl (C=O) groups excluding carboxylic acids is 1. The highest BCUT2D eigenvalue weighted by Crippen LogP contribution is 2.15. The fourth-order valence-corrected chi connectivity index (χ4v) is 2.50. The van der Waals surface area contributed by atoms with Gasteiger partial charge in [0.25, 0.3) is 0 Å². The molecule has 0 aromatic heterocycles. The van der Waals surface area contributed by atoms with Crippen molar-refractivity contribution in [3.8, 4) is 0 Å². The predicted molar refractivity (Wildman–Crippen MR) is 88.4 cm³/mol. The van der Waals surface area contributed by atoms with Crippen LogP contribution in [0.5, 0.6) is 0 Å². The number of rotatable bonds is 5. The van der Waals surface area contributed by atoms with E-state index in [1.54, 1.807) is 24.3 Å². The molecular formula is C16H18N2O3S. The van der Waals surface area contributed by atoms with Crippen LogP contribution < -0.4 is 10.0 Å². The number of hydrogen-bond donors (Lipinski definition) is 2. The number of hydrogen-bond acceptors (Lipinski definition) is 3. The average molecular weight is 318 g/mol. The molecule has 2 rings (SSSR count). The van der Waals surface area contributed by atoms with Crippen LogP contribution in [0.15, 0.2) is 48.5 Å². The van der Waals surface area contributed by atoms with E-state index in [9.17, 15) is 13.2 Å². The van der Waals surface area contributed by atoms with E-state index in [-0.39, 0.29) is 5.91 Å². The summed E-state index contributed by atoms with van der Waals surface area (Å²) in [7, 11) is -3.29. The number of benzene rings is 2. The van der Waals surface area contributed by atoms with Crippen LogP contribution in [0.2, 0.25) is 0 Å². The summed E-state index contributed by atoms with van der Waals surface area (Å²) in [5.41, 5.74) is 3.17. The SMILES string of the molecule is Cc1ccc(CC(=O)Nc2ccc(NS(C)(=O)=O)cc2)cc1. The van der Waals surface area contributed by atoms with Crippen molar-refractivity contribution in [2.75, 3.05) is 16.3 Å². The second-order valence-corrected chi connectivity index (χ2v) is 6.91. The van der Waals surface area contributed by atoms with Gasteiger partial charge in [0.1, 0.15) is 0 Å². The molecule has 0 aliphatic carbocycles. The molecule has 0 radical (unpaired) electrons. The molecule has 116 valence electrons. The molecular weight excluding hydrogens is 300 g/mol. The Morgan fingerprint density at radius 2 is 1.50 bits per heavy atom. The second-order valence-electron chi connectivity index (χ2n) is 5.16. The van der Waals surface area contributed by atoms with E-state index in [4.69, 9.17) is 0 Å². The molecule has 6 heteroatoms. The van der Waals surface area contributed by atoms with Crippen molar-refractivity contribution in [3.05, 3.63) is 59.7 Å². The van der Waals surface area contributed by atoms with Gasteiger partial charge in [-0.15, -0.1) is 0 Å². The van der Waals surface area contributed by atoms with E-state index in [2.05, 4.69) is 10.0 Å². The molecule has 0 aliphatic heterocycles. The van der Waals surface area contributed by atoms with Gasteiger partial charge in [0.05, 0.1) is 12.7 Å². The summed E-state index contributed by atoms with van der Waals surface area (Å²) in [5, 5.41) is 2.78. The minimum atomic E-state index is -3.29. The second kappa shape index (κ2) is 6.62. The van der Waals surface area contributed by atoms with Gasteiger partial charge in [-0.25, -0.2) is 8.42 Å². The first-order valence-corrected chi connectivity index (χ1v) is 8.64. The molecule has 2 aromatic rings. The summed E-state index contributed by atoms with van der Waals surface area (Å²) in [5.74, 6) is -0.118. The Morgan fingerprint density at radius 1 is 0.955 bits per heavy atom. The Morgan fingerprint density at radius 3 is 2.05 bits per heavy atom. The lowest BCUT2D eigenvalue weighted by atomic mass is 10.1. The largest absolute Gasteiger partial charge is 0.326 e. The predicted octanol–water partition coefficient (Wildman–Crippen LogP) is 2.55. The van der Waals surface area contributed by atoms with Crippen molar-refractivity contribution in [2.45, 2.75) is 13.3 Å². The van der Waals surface area contributed by atoms with Gasteiger partial charge in [-0.1, -0.05) is 29.8 Å². The number of anilines is 2. The standard InChI is InChI=1S/C16H18N2O3S/c1-12-3-5-13(6-4-12)11-16(19)17-14-7-9-15(10-8-14)18-22(2,20)21/h3-10,18H,11H2,1-2H3,(H,17,19). The van der Waals surface area contributed by atoms with E-state index in [0.29, 0.717) is 17.8 Å². The molecule has 1 amide bonds. The van der Waals surface area contributed by atoms with Crippen molar-refractivity contribution in [1.29, 1.82) is 0 Å². The normalized spacial score (nSPS) is 11.0. The third-order valence-corrected chi connectivity index (χ3v) is 3.56. The number of sulfonamides is 1. The highest BCUT2D eigenvalue weighted by atomic mass is 32.2. The van der Waals surface area contributed by atoms with Crippen LogP contribution in [0.1, 0.15) is 11.1 Å². The third kappa shape index (κ3) is 5.21. The quantitative estimate of drug-likeness (QED) is 0.889. The van der Waals surface area contributed by atoms with Gasteiger partial charge < -0.3 is 5.32 Å². The third-order valence-electron chi connectivity index (χ3n) is 2.96. The van der Waals surface area contributed by atoms with Gasteiger partial charge in [-0.3, -0.25) is 9.52 Å². The zero-order valence-electron chi connectivity index (χ0n) is 12.5. The first-order valence-electron chi connectivity index (χ1n) is 6.75. The Hall–Kier alpha value is -2.34. The van der Waals surface area contributed by atoms with E-state index < -0.39 is 10.0 Å². The van der Waals surface area contributed by atoms with Crippen LogP contribution in [-0.4, -0.2) is 20.6 Å². The molecule has 0 fully saturated rings. The van der Waals surface area contributed by atoms with Gasteiger partial charge in [-0.05, 0) is 36.8 Å². The van der Waals surface area contributed by atoms with Gasteiger partial charge in [0.15, 0.2) is 0 Å². The maximum atomic E-state index is 12.0. The van der Waals surface area contributed by atoms with E-state index >= 15 is 0 Å². The fraction of sp³-hybridized carbons (Fsp3) is 0.188. The van der Waals surface area contributed by atoms with Crippen LogP contribution >= 0.6 is 0 Å². The Kier molecular flexibility index (Phi) is 4.82. The van der Waals surface area contributed by atoms with Crippen molar-refractivity contribution < 1.29 is 13.2 Å². The van der Waals surface area contributed by atoms with E-state index in [1.165, 1.54) is 0 Å². The summed E-state index contributed by atoms with van der Waals surface area (Å²) in [6.45, 7) is 2.00. The number of nitrogens with one attached hydrogen (secondary N) is 2. The molecule has 0 atom stereocenters. The summed E-state index contributed by atoms with van der Waals surface area (Å²) in [6, 6.07) is 14.3. The first kappa shape index (κ1) is 16.0. The molecule has 0 saturated heterocycles. The van der Waals surface area contributed by atoms with Crippen molar-refractivity contribution >= 4 is 27.3 Å². The Bertz CT molecular complexity index is 751. The van der Waals surface area contributed by atoms with Crippen LogP contribution in [0.4, 0.5) is 11.4 Å². The lowest BCUT2D eigenvalue weighted by molar-refractivity contribution is -0.115.